The number of rotatable bonds is 3. The maximum absolute atomic E-state index is 13.0. The Morgan fingerprint density at radius 1 is 1.24 bits per heavy atom. The number of halogens is 1. The number of thiazole rings is 1. The molecule has 2 aromatic rings. The van der Waals surface area contributed by atoms with Gasteiger partial charge in [0.05, 0.1) is 17.2 Å². The summed E-state index contributed by atoms with van der Waals surface area (Å²) in [4.78, 5) is 33.1. The van der Waals surface area contributed by atoms with Crippen LogP contribution in [0.3, 0.4) is 0 Å². The fourth-order valence-corrected chi connectivity index (χ4v) is 5.02. The van der Waals surface area contributed by atoms with Crippen LogP contribution in [0.5, 0.6) is 0 Å². The third kappa shape index (κ3) is 4.17. The van der Waals surface area contributed by atoms with Crippen molar-refractivity contribution in [1.82, 2.24) is 20.1 Å². The van der Waals surface area contributed by atoms with Crippen molar-refractivity contribution in [2.45, 2.75) is 31.2 Å². The monoisotopic (exact) mass is 434 g/mol. The number of likely N-dealkylation sites (N-methyl/N-ethyl adjacent to an activating group) is 1. The van der Waals surface area contributed by atoms with Crippen molar-refractivity contribution in [3.05, 3.63) is 52.0 Å². The largest absolute Gasteiger partial charge is 0.343 e. The average Bonchev–Trinajstić information content (AvgIpc) is 3.17. The molecule has 1 aromatic heterocycles. The number of carbonyl (C=O) groups is 2. The molecule has 0 aliphatic carbocycles. The molecule has 1 atom stereocenters. The lowest BCUT2D eigenvalue weighted by Crippen LogP contribution is -2.60. The second-order valence-electron chi connectivity index (χ2n) is 7.73. The maximum atomic E-state index is 13.0. The molecule has 0 radical (unpaired) electrons. The summed E-state index contributed by atoms with van der Waals surface area (Å²) in [5.74, 6) is 0.125. The lowest BCUT2D eigenvalue weighted by Gasteiger charge is -2.43. The molecule has 0 saturated carbocycles. The van der Waals surface area contributed by atoms with Gasteiger partial charge in [0.2, 0.25) is 11.8 Å². The summed E-state index contributed by atoms with van der Waals surface area (Å²) < 4.78 is 0. The van der Waals surface area contributed by atoms with Crippen molar-refractivity contribution in [2.24, 2.45) is 0 Å². The quantitative estimate of drug-likeness (QED) is 0.804. The standard InChI is InChI=1S/C21H26N4O2S.ClH/c1-15-23-18(14-28-15)21(16-6-4-3-5-7-16)8-10-25(11-9-21)20(27)17-13-24(2)19(26)12-22-17;/h3-7,14,17,22H,8-13H2,1-2H3;1H. The van der Waals surface area contributed by atoms with Crippen molar-refractivity contribution in [3.63, 3.8) is 0 Å². The minimum atomic E-state index is -0.312. The Bertz CT molecular complexity index is 865. The van der Waals surface area contributed by atoms with Crippen molar-refractivity contribution >= 4 is 35.6 Å². The van der Waals surface area contributed by atoms with Crippen molar-refractivity contribution < 1.29 is 9.59 Å². The molecule has 2 aliphatic heterocycles. The van der Waals surface area contributed by atoms with Crippen LogP contribution < -0.4 is 5.32 Å². The second-order valence-corrected chi connectivity index (χ2v) is 8.80. The van der Waals surface area contributed by atoms with E-state index in [9.17, 15) is 9.59 Å². The van der Waals surface area contributed by atoms with Crippen LogP contribution in [-0.4, -0.2) is 65.9 Å². The van der Waals surface area contributed by atoms with Gasteiger partial charge in [-0.1, -0.05) is 30.3 Å². The molecule has 8 heteroatoms. The van der Waals surface area contributed by atoms with Crippen LogP contribution in [-0.2, 0) is 15.0 Å². The molecular weight excluding hydrogens is 408 g/mol. The van der Waals surface area contributed by atoms with Gasteiger partial charge in [-0.3, -0.25) is 14.9 Å². The molecule has 3 heterocycles. The van der Waals surface area contributed by atoms with Crippen molar-refractivity contribution in [3.8, 4) is 0 Å². The van der Waals surface area contributed by atoms with Crippen LogP contribution in [0.25, 0.3) is 0 Å². The summed E-state index contributed by atoms with van der Waals surface area (Å²) in [6.07, 6.45) is 1.71. The molecule has 4 rings (SSSR count). The molecule has 2 fully saturated rings. The first-order valence-corrected chi connectivity index (χ1v) is 10.6. The molecule has 0 bridgehead atoms. The number of hydrogen-bond donors (Lipinski definition) is 1. The van der Waals surface area contributed by atoms with E-state index in [0.717, 1.165) is 23.5 Å². The zero-order valence-electron chi connectivity index (χ0n) is 16.8. The van der Waals surface area contributed by atoms with E-state index in [2.05, 4.69) is 35.0 Å². The summed E-state index contributed by atoms with van der Waals surface area (Å²) in [7, 11) is 1.75. The Hall–Kier alpha value is -1.96. The van der Waals surface area contributed by atoms with Gasteiger partial charge in [0.15, 0.2) is 0 Å². The third-order valence-electron chi connectivity index (χ3n) is 6.04. The van der Waals surface area contributed by atoms with E-state index in [1.54, 1.807) is 23.3 Å². The first kappa shape index (κ1) is 21.7. The minimum absolute atomic E-state index is 0. The van der Waals surface area contributed by atoms with Gasteiger partial charge in [0.25, 0.3) is 0 Å². The minimum Gasteiger partial charge on any atom is -0.343 e. The second kappa shape index (κ2) is 8.81. The zero-order chi connectivity index (χ0) is 19.7. The first-order chi connectivity index (χ1) is 13.5. The van der Waals surface area contributed by atoms with Gasteiger partial charge in [-0.2, -0.15) is 0 Å². The van der Waals surface area contributed by atoms with Gasteiger partial charge >= 0.3 is 0 Å². The number of nitrogens with zero attached hydrogens (tertiary/aromatic N) is 3. The van der Waals surface area contributed by atoms with E-state index in [-0.39, 0.29) is 42.2 Å². The molecule has 1 unspecified atom stereocenters. The van der Waals surface area contributed by atoms with Gasteiger partial charge in [-0.25, -0.2) is 4.98 Å². The summed E-state index contributed by atoms with van der Waals surface area (Å²) in [6.45, 7) is 4.09. The van der Waals surface area contributed by atoms with Gasteiger partial charge in [-0.05, 0) is 25.3 Å². The molecule has 2 saturated heterocycles. The fourth-order valence-electron chi connectivity index (χ4n) is 4.31. The average molecular weight is 435 g/mol. The predicted octanol–water partition coefficient (Wildman–Crippen LogP) is 2.21. The van der Waals surface area contributed by atoms with Crippen LogP contribution in [0.2, 0.25) is 0 Å². The Kier molecular flexibility index (Phi) is 6.61. The highest BCUT2D eigenvalue weighted by Crippen LogP contribution is 2.42. The normalized spacial score (nSPS) is 21.6. The Balaban J connectivity index is 0.00000240. The number of benzene rings is 1. The third-order valence-corrected chi connectivity index (χ3v) is 6.82. The molecule has 29 heavy (non-hydrogen) atoms. The summed E-state index contributed by atoms with van der Waals surface area (Å²) >= 11 is 1.68. The Morgan fingerprint density at radius 2 is 1.93 bits per heavy atom. The molecule has 6 nitrogen and oxygen atoms in total. The number of hydrogen-bond acceptors (Lipinski definition) is 5. The number of amides is 2. The Morgan fingerprint density at radius 3 is 2.52 bits per heavy atom. The Labute approximate surface area is 181 Å². The predicted molar refractivity (Wildman–Crippen MR) is 117 cm³/mol. The molecule has 2 amide bonds. The van der Waals surface area contributed by atoms with E-state index in [1.807, 2.05) is 17.9 Å². The molecule has 1 aromatic carbocycles. The number of nitrogens with one attached hydrogen (secondary N) is 1. The number of piperidine rings is 1. The lowest BCUT2D eigenvalue weighted by molar-refractivity contribution is -0.140. The van der Waals surface area contributed by atoms with Gasteiger partial charge in [0.1, 0.15) is 6.04 Å². The highest BCUT2D eigenvalue weighted by atomic mass is 35.5. The number of aryl methyl sites for hydroxylation is 1. The van der Waals surface area contributed by atoms with Crippen molar-refractivity contribution in [2.75, 3.05) is 33.2 Å². The van der Waals surface area contributed by atoms with Crippen LogP contribution in [0.15, 0.2) is 35.7 Å². The summed E-state index contributed by atoms with van der Waals surface area (Å²) in [5, 5.41) is 6.33. The highest BCUT2D eigenvalue weighted by Gasteiger charge is 2.42. The van der Waals surface area contributed by atoms with E-state index in [1.165, 1.54) is 5.56 Å². The van der Waals surface area contributed by atoms with E-state index >= 15 is 0 Å². The van der Waals surface area contributed by atoms with Gasteiger partial charge in [-0.15, -0.1) is 23.7 Å². The fraction of sp³-hybridized carbons (Fsp3) is 0.476. The number of aromatic nitrogens is 1. The lowest BCUT2D eigenvalue weighted by atomic mass is 9.70. The first-order valence-electron chi connectivity index (χ1n) is 9.74. The molecule has 2 aliphatic rings. The molecule has 156 valence electrons. The van der Waals surface area contributed by atoms with Crippen LogP contribution >= 0.6 is 23.7 Å². The number of piperazine rings is 1. The highest BCUT2D eigenvalue weighted by molar-refractivity contribution is 7.09. The van der Waals surface area contributed by atoms with Crippen molar-refractivity contribution in [1.29, 1.82) is 0 Å². The number of carbonyl (C=O) groups excluding carboxylic acids is 2. The molecule has 0 spiro atoms. The van der Waals surface area contributed by atoms with Gasteiger partial charge in [0, 0.05) is 37.5 Å². The van der Waals surface area contributed by atoms with E-state index < -0.39 is 0 Å². The SMILES string of the molecule is Cc1nc(C2(c3ccccc3)CCN(C(=O)C3CN(C)C(=O)CN3)CC2)cs1.Cl. The van der Waals surface area contributed by atoms with E-state index in [4.69, 9.17) is 4.98 Å². The maximum Gasteiger partial charge on any atom is 0.241 e. The van der Waals surface area contributed by atoms with Crippen LogP contribution in [0, 0.1) is 6.92 Å². The molecule has 1 N–H and O–H groups in total. The smallest absolute Gasteiger partial charge is 0.241 e. The van der Waals surface area contributed by atoms with Crippen LogP contribution in [0.1, 0.15) is 29.1 Å². The van der Waals surface area contributed by atoms with Gasteiger partial charge < -0.3 is 9.80 Å². The topological polar surface area (TPSA) is 65.5 Å². The molecular formula is C21H27ClN4O2S. The number of likely N-dealkylation sites (tertiary alicyclic amines) is 1. The summed E-state index contributed by atoms with van der Waals surface area (Å²) in [6, 6.07) is 10.2. The summed E-state index contributed by atoms with van der Waals surface area (Å²) in [5.41, 5.74) is 2.25. The van der Waals surface area contributed by atoms with E-state index in [0.29, 0.717) is 19.6 Å². The van der Waals surface area contributed by atoms with Crippen LogP contribution in [0.4, 0.5) is 0 Å². The zero-order valence-corrected chi connectivity index (χ0v) is 18.4.